The molecule has 1 aromatic heterocycles. The molecule has 0 saturated heterocycles. The summed E-state index contributed by atoms with van der Waals surface area (Å²) in [7, 11) is 0. The van der Waals surface area contributed by atoms with Gasteiger partial charge in [0, 0.05) is 18.0 Å². The Balaban J connectivity index is 2.68. The van der Waals surface area contributed by atoms with E-state index >= 15 is 0 Å². The molecule has 0 fully saturated rings. The number of hydrogen-bond donors (Lipinski definition) is 2. The zero-order valence-electron chi connectivity index (χ0n) is 14.5. The van der Waals surface area contributed by atoms with Gasteiger partial charge in [-0.05, 0) is 47.6 Å². The van der Waals surface area contributed by atoms with Crippen molar-refractivity contribution in [2.75, 3.05) is 11.9 Å². The normalized spacial score (nSPS) is 11.6. The molecule has 2 amide bonds. The smallest absolute Gasteiger partial charge is 0.331 e. The molecule has 2 N–H and O–H groups in total. The molecule has 0 saturated carbocycles. The highest BCUT2D eigenvalue weighted by Crippen LogP contribution is 2.16. The van der Waals surface area contributed by atoms with Crippen LogP contribution in [0.5, 0.6) is 5.88 Å². The van der Waals surface area contributed by atoms with Crippen molar-refractivity contribution in [1.82, 2.24) is 10.3 Å². The maximum absolute atomic E-state index is 12.1. The average Bonchev–Trinajstić information content (AvgIpc) is 2.36. The highest BCUT2D eigenvalue weighted by atomic mass is 16.6. The van der Waals surface area contributed by atoms with E-state index in [1.54, 1.807) is 46.8 Å². The van der Waals surface area contributed by atoms with Crippen LogP contribution in [0.3, 0.4) is 0 Å². The van der Waals surface area contributed by atoms with Crippen LogP contribution in [0.2, 0.25) is 0 Å². The minimum Gasteiger partial charge on any atom is -0.478 e. The lowest BCUT2D eigenvalue weighted by molar-refractivity contribution is -0.161. The fraction of sp³-hybridized carbons (Fsp3) is 0.562. The van der Waals surface area contributed by atoms with Gasteiger partial charge >= 0.3 is 12.0 Å². The summed E-state index contributed by atoms with van der Waals surface area (Å²) >= 11 is 0. The second-order valence-electron chi connectivity index (χ2n) is 6.52. The summed E-state index contributed by atoms with van der Waals surface area (Å²) in [6.45, 7) is 10.8. The second-order valence-corrected chi connectivity index (χ2v) is 6.52. The number of carbonyl (C=O) groups excluding carboxylic acids is 2. The van der Waals surface area contributed by atoms with Crippen molar-refractivity contribution in [3.8, 4) is 5.88 Å². The van der Waals surface area contributed by atoms with Crippen LogP contribution in [-0.4, -0.2) is 34.7 Å². The molecule has 128 valence electrons. The highest BCUT2D eigenvalue weighted by molar-refractivity contribution is 5.94. The zero-order chi connectivity index (χ0) is 17.7. The Morgan fingerprint density at radius 3 is 2.43 bits per heavy atom. The third-order valence-corrected chi connectivity index (χ3v) is 2.62. The van der Waals surface area contributed by atoms with Crippen molar-refractivity contribution in [3.63, 3.8) is 0 Å². The average molecular weight is 323 g/mol. The zero-order valence-corrected chi connectivity index (χ0v) is 14.5. The number of amides is 2. The molecule has 1 heterocycles. The van der Waals surface area contributed by atoms with Crippen molar-refractivity contribution < 1.29 is 19.1 Å². The topological polar surface area (TPSA) is 89.6 Å². The molecular formula is C16H25N3O4. The molecular weight excluding hydrogens is 298 g/mol. The Morgan fingerprint density at radius 1 is 1.22 bits per heavy atom. The lowest BCUT2D eigenvalue weighted by Gasteiger charge is -2.29. The lowest BCUT2D eigenvalue weighted by atomic mass is 10.1. The summed E-state index contributed by atoms with van der Waals surface area (Å²) in [6.07, 6.45) is 1.53. The second kappa shape index (κ2) is 7.30. The molecule has 0 aliphatic carbocycles. The maximum atomic E-state index is 12.1. The number of nitrogens with zero attached hydrogens (tertiary/aromatic N) is 1. The molecule has 0 atom stereocenters. The van der Waals surface area contributed by atoms with E-state index in [0.29, 0.717) is 18.2 Å². The third kappa shape index (κ3) is 6.54. The van der Waals surface area contributed by atoms with Gasteiger partial charge < -0.3 is 20.1 Å². The fourth-order valence-electron chi connectivity index (χ4n) is 1.62. The Labute approximate surface area is 136 Å². The fourth-order valence-corrected chi connectivity index (χ4v) is 1.62. The first-order valence-electron chi connectivity index (χ1n) is 7.45. The number of aromatic nitrogens is 1. The number of hydrogen-bond acceptors (Lipinski definition) is 5. The molecule has 1 aromatic rings. The summed E-state index contributed by atoms with van der Waals surface area (Å²) in [4.78, 5) is 28.2. The summed E-state index contributed by atoms with van der Waals surface area (Å²) in [5.41, 5.74) is -1.27. The minimum atomic E-state index is -1.16. The number of ether oxygens (including phenoxy) is 2. The standard InChI is InChI=1S/C16H25N3O4/c1-7-22-12-10-11(8-9-17-12)18-14(21)19-16(5,6)13(20)23-15(2,3)4/h8-10H,7H2,1-6H3,(H2,17,18,19,21). The monoisotopic (exact) mass is 323 g/mol. The molecule has 0 aliphatic heterocycles. The minimum absolute atomic E-state index is 0.414. The lowest BCUT2D eigenvalue weighted by Crippen LogP contribution is -2.53. The van der Waals surface area contributed by atoms with E-state index in [9.17, 15) is 9.59 Å². The Hall–Kier alpha value is -2.31. The predicted octanol–water partition coefficient (Wildman–Crippen LogP) is 2.72. The third-order valence-electron chi connectivity index (χ3n) is 2.62. The van der Waals surface area contributed by atoms with Crippen LogP contribution in [0.15, 0.2) is 18.3 Å². The van der Waals surface area contributed by atoms with Crippen LogP contribution in [0, 0.1) is 0 Å². The van der Waals surface area contributed by atoms with Crippen LogP contribution in [0.4, 0.5) is 10.5 Å². The van der Waals surface area contributed by atoms with Crippen molar-refractivity contribution in [2.24, 2.45) is 0 Å². The summed E-state index contributed by atoms with van der Waals surface area (Å²) in [5.74, 6) is -0.0958. The Bertz CT molecular complexity index is 565. The van der Waals surface area contributed by atoms with Crippen molar-refractivity contribution in [1.29, 1.82) is 0 Å². The van der Waals surface area contributed by atoms with Crippen LogP contribution < -0.4 is 15.4 Å². The van der Waals surface area contributed by atoms with E-state index in [1.807, 2.05) is 6.92 Å². The number of rotatable bonds is 5. The van der Waals surface area contributed by atoms with E-state index < -0.39 is 23.1 Å². The van der Waals surface area contributed by atoms with Gasteiger partial charge in [0.15, 0.2) is 0 Å². The van der Waals surface area contributed by atoms with Crippen molar-refractivity contribution >= 4 is 17.7 Å². The molecule has 0 spiro atoms. The van der Waals surface area contributed by atoms with Gasteiger partial charge in [0.1, 0.15) is 11.1 Å². The number of anilines is 1. The van der Waals surface area contributed by atoms with Gasteiger partial charge in [-0.3, -0.25) is 0 Å². The van der Waals surface area contributed by atoms with Crippen molar-refractivity contribution in [2.45, 2.75) is 52.7 Å². The van der Waals surface area contributed by atoms with Gasteiger partial charge in [0.05, 0.1) is 6.61 Å². The number of nitrogens with one attached hydrogen (secondary N) is 2. The van der Waals surface area contributed by atoms with Gasteiger partial charge in [0.2, 0.25) is 5.88 Å². The Morgan fingerprint density at radius 2 is 1.87 bits per heavy atom. The molecule has 0 unspecified atom stereocenters. The number of carbonyl (C=O) groups is 2. The molecule has 23 heavy (non-hydrogen) atoms. The van der Waals surface area contributed by atoms with Gasteiger partial charge in [-0.2, -0.15) is 0 Å². The van der Waals surface area contributed by atoms with Gasteiger partial charge in [0.25, 0.3) is 0 Å². The number of urea groups is 1. The van der Waals surface area contributed by atoms with E-state index in [4.69, 9.17) is 9.47 Å². The molecule has 7 heteroatoms. The Kier molecular flexibility index (Phi) is 5.95. The van der Waals surface area contributed by atoms with Gasteiger partial charge in [-0.1, -0.05) is 0 Å². The molecule has 0 aromatic carbocycles. The van der Waals surface area contributed by atoms with Crippen LogP contribution in [0.25, 0.3) is 0 Å². The predicted molar refractivity (Wildman–Crippen MR) is 87.5 cm³/mol. The largest absolute Gasteiger partial charge is 0.478 e. The van der Waals surface area contributed by atoms with E-state index in [1.165, 1.54) is 6.20 Å². The van der Waals surface area contributed by atoms with E-state index in [0.717, 1.165) is 0 Å². The van der Waals surface area contributed by atoms with Gasteiger partial charge in [-0.25, -0.2) is 14.6 Å². The molecule has 7 nitrogen and oxygen atoms in total. The quantitative estimate of drug-likeness (QED) is 0.813. The molecule has 0 radical (unpaired) electrons. The van der Waals surface area contributed by atoms with Crippen LogP contribution in [-0.2, 0) is 9.53 Å². The number of pyridine rings is 1. The SMILES string of the molecule is CCOc1cc(NC(=O)NC(C)(C)C(=O)OC(C)(C)C)ccn1. The first-order chi connectivity index (χ1) is 10.5. The molecule has 0 bridgehead atoms. The maximum Gasteiger partial charge on any atom is 0.331 e. The summed E-state index contributed by atoms with van der Waals surface area (Å²) in [5, 5.41) is 5.23. The van der Waals surface area contributed by atoms with E-state index in [2.05, 4.69) is 15.6 Å². The van der Waals surface area contributed by atoms with Crippen LogP contribution in [0.1, 0.15) is 41.5 Å². The molecule has 0 aliphatic rings. The van der Waals surface area contributed by atoms with Crippen LogP contribution >= 0.6 is 0 Å². The number of esters is 1. The summed E-state index contributed by atoms with van der Waals surface area (Å²) < 4.78 is 10.6. The molecule has 1 rings (SSSR count). The highest BCUT2D eigenvalue weighted by Gasteiger charge is 2.34. The van der Waals surface area contributed by atoms with Crippen molar-refractivity contribution in [3.05, 3.63) is 18.3 Å². The first kappa shape index (κ1) is 18.7. The first-order valence-corrected chi connectivity index (χ1v) is 7.45. The summed E-state index contributed by atoms with van der Waals surface area (Å²) in [6, 6.07) is 2.71. The van der Waals surface area contributed by atoms with E-state index in [-0.39, 0.29) is 0 Å². The van der Waals surface area contributed by atoms with Gasteiger partial charge in [-0.15, -0.1) is 0 Å².